The molecule has 0 radical (unpaired) electrons. The van der Waals surface area contributed by atoms with Gasteiger partial charge in [0.25, 0.3) is 0 Å². The van der Waals surface area contributed by atoms with E-state index in [1.165, 1.54) is 11.1 Å². The number of ether oxygens (including phenoxy) is 1. The first kappa shape index (κ1) is 15.7. The standard InChI is InChI=1S/C17H25N3O/c1-14(2)16-6-4-15(5-7-16)13-20-10-8-19-17(20)12-18-9-11-21-3/h4-8,10,14,18H,9,11-13H2,1-3H3. The lowest BCUT2D eigenvalue weighted by Gasteiger charge is -2.10. The number of hydrogen-bond donors (Lipinski definition) is 1. The summed E-state index contributed by atoms with van der Waals surface area (Å²) in [6, 6.07) is 8.84. The van der Waals surface area contributed by atoms with Crippen LogP contribution >= 0.6 is 0 Å². The highest BCUT2D eigenvalue weighted by atomic mass is 16.5. The van der Waals surface area contributed by atoms with Crippen molar-refractivity contribution in [1.82, 2.24) is 14.9 Å². The van der Waals surface area contributed by atoms with Gasteiger partial charge < -0.3 is 14.6 Å². The van der Waals surface area contributed by atoms with E-state index < -0.39 is 0 Å². The summed E-state index contributed by atoms with van der Waals surface area (Å²) < 4.78 is 7.21. The maximum atomic E-state index is 5.03. The van der Waals surface area contributed by atoms with E-state index in [1.807, 2.05) is 12.4 Å². The number of aromatic nitrogens is 2. The van der Waals surface area contributed by atoms with Crippen LogP contribution in [0.5, 0.6) is 0 Å². The largest absolute Gasteiger partial charge is 0.383 e. The van der Waals surface area contributed by atoms with Crippen molar-refractivity contribution >= 4 is 0 Å². The molecular formula is C17H25N3O. The highest BCUT2D eigenvalue weighted by Crippen LogP contribution is 2.15. The number of nitrogens with one attached hydrogen (secondary N) is 1. The Kier molecular flexibility index (Phi) is 5.96. The van der Waals surface area contributed by atoms with Crippen LogP contribution in [0.4, 0.5) is 0 Å². The molecule has 0 bridgehead atoms. The van der Waals surface area contributed by atoms with E-state index in [9.17, 15) is 0 Å². The summed E-state index contributed by atoms with van der Waals surface area (Å²) in [4.78, 5) is 4.42. The van der Waals surface area contributed by atoms with Crippen LogP contribution < -0.4 is 5.32 Å². The zero-order valence-corrected chi connectivity index (χ0v) is 13.2. The quantitative estimate of drug-likeness (QED) is 0.759. The fourth-order valence-electron chi connectivity index (χ4n) is 2.23. The van der Waals surface area contributed by atoms with Crippen molar-refractivity contribution < 1.29 is 4.74 Å². The molecule has 0 aliphatic rings. The molecule has 1 aromatic heterocycles. The molecule has 2 aromatic rings. The third-order valence-corrected chi connectivity index (χ3v) is 3.57. The first-order valence-corrected chi connectivity index (χ1v) is 7.49. The van der Waals surface area contributed by atoms with Crippen LogP contribution in [0.25, 0.3) is 0 Å². The van der Waals surface area contributed by atoms with Gasteiger partial charge in [0.2, 0.25) is 0 Å². The average Bonchev–Trinajstić information content (AvgIpc) is 2.91. The Morgan fingerprint density at radius 1 is 1.24 bits per heavy atom. The third kappa shape index (κ3) is 4.69. The fraction of sp³-hybridized carbons (Fsp3) is 0.471. The van der Waals surface area contributed by atoms with E-state index in [0.29, 0.717) is 5.92 Å². The lowest BCUT2D eigenvalue weighted by molar-refractivity contribution is 0.199. The Balaban J connectivity index is 1.95. The summed E-state index contributed by atoms with van der Waals surface area (Å²) in [6.45, 7) is 7.62. The smallest absolute Gasteiger partial charge is 0.122 e. The third-order valence-electron chi connectivity index (χ3n) is 3.57. The van der Waals surface area contributed by atoms with Gasteiger partial charge in [0.05, 0.1) is 13.2 Å². The van der Waals surface area contributed by atoms with Gasteiger partial charge in [-0.15, -0.1) is 0 Å². The van der Waals surface area contributed by atoms with Gasteiger partial charge >= 0.3 is 0 Å². The summed E-state index contributed by atoms with van der Waals surface area (Å²) >= 11 is 0. The van der Waals surface area contributed by atoms with Crippen molar-refractivity contribution in [2.24, 2.45) is 0 Å². The predicted molar refractivity (Wildman–Crippen MR) is 85.4 cm³/mol. The average molecular weight is 287 g/mol. The normalized spacial score (nSPS) is 11.2. The van der Waals surface area contributed by atoms with Crippen LogP contribution in [0.15, 0.2) is 36.7 Å². The molecule has 0 aliphatic heterocycles. The fourth-order valence-corrected chi connectivity index (χ4v) is 2.23. The summed E-state index contributed by atoms with van der Waals surface area (Å²) in [7, 11) is 1.71. The van der Waals surface area contributed by atoms with Crippen LogP contribution in [0.1, 0.15) is 36.7 Å². The van der Waals surface area contributed by atoms with Gasteiger partial charge in [0.15, 0.2) is 0 Å². The summed E-state index contributed by atoms with van der Waals surface area (Å²) in [6.07, 6.45) is 3.89. The monoisotopic (exact) mass is 287 g/mol. The summed E-state index contributed by atoms with van der Waals surface area (Å²) in [5.41, 5.74) is 2.68. The van der Waals surface area contributed by atoms with Gasteiger partial charge in [-0.05, 0) is 17.0 Å². The van der Waals surface area contributed by atoms with Gasteiger partial charge in [0.1, 0.15) is 5.82 Å². The lowest BCUT2D eigenvalue weighted by Crippen LogP contribution is -2.21. The van der Waals surface area contributed by atoms with E-state index in [-0.39, 0.29) is 0 Å². The van der Waals surface area contributed by atoms with Gasteiger partial charge in [-0.3, -0.25) is 0 Å². The van der Waals surface area contributed by atoms with E-state index in [0.717, 1.165) is 32.1 Å². The number of hydrogen-bond acceptors (Lipinski definition) is 3. The van der Waals surface area contributed by atoms with E-state index in [4.69, 9.17) is 4.74 Å². The Morgan fingerprint density at radius 3 is 2.67 bits per heavy atom. The van der Waals surface area contributed by atoms with Crippen molar-refractivity contribution in [2.75, 3.05) is 20.3 Å². The predicted octanol–water partition coefficient (Wildman–Crippen LogP) is 2.79. The Bertz CT molecular complexity index is 531. The van der Waals surface area contributed by atoms with E-state index in [1.54, 1.807) is 7.11 Å². The number of benzene rings is 1. The summed E-state index contributed by atoms with van der Waals surface area (Å²) in [5.74, 6) is 1.63. The maximum Gasteiger partial charge on any atom is 0.122 e. The molecule has 1 heterocycles. The van der Waals surface area contributed by atoms with Crippen LogP contribution in [0, 0.1) is 0 Å². The van der Waals surface area contributed by atoms with Crippen LogP contribution in [-0.2, 0) is 17.8 Å². The summed E-state index contributed by atoms with van der Waals surface area (Å²) in [5, 5.41) is 3.33. The van der Waals surface area contributed by atoms with Crippen molar-refractivity contribution in [3.63, 3.8) is 0 Å². The van der Waals surface area contributed by atoms with Gasteiger partial charge in [-0.25, -0.2) is 4.98 Å². The molecule has 0 amide bonds. The molecule has 2 rings (SSSR count). The van der Waals surface area contributed by atoms with Crippen LogP contribution in [-0.4, -0.2) is 29.8 Å². The molecule has 0 atom stereocenters. The lowest BCUT2D eigenvalue weighted by atomic mass is 10.0. The Labute approximate surface area is 127 Å². The van der Waals surface area contributed by atoms with Crippen molar-refractivity contribution in [1.29, 1.82) is 0 Å². The first-order valence-electron chi connectivity index (χ1n) is 7.49. The molecular weight excluding hydrogens is 262 g/mol. The van der Waals surface area contributed by atoms with Gasteiger partial charge in [-0.2, -0.15) is 0 Å². The highest BCUT2D eigenvalue weighted by Gasteiger charge is 2.04. The molecule has 1 N–H and O–H groups in total. The molecule has 4 nitrogen and oxygen atoms in total. The molecule has 21 heavy (non-hydrogen) atoms. The number of imidazole rings is 1. The molecule has 0 aliphatic carbocycles. The van der Waals surface area contributed by atoms with Crippen LogP contribution in [0.2, 0.25) is 0 Å². The SMILES string of the molecule is COCCNCc1nccn1Cc1ccc(C(C)C)cc1. The molecule has 0 fully saturated rings. The molecule has 114 valence electrons. The molecule has 0 spiro atoms. The van der Waals surface area contributed by atoms with Crippen molar-refractivity contribution in [3.05, 3.63) is 53.6 Å². The van der Waals surface area contributed by atoms with Crippen molar-refractivity contribution in [3.8, 4) is 0 Å². The zero-order chi connectivity index (χ0) is 15.1. The highest BCUT2D eigenvalue weighted by molar-refractivity contribution is 5.25. The minimum Gasteiger partial charge on any atom is -0.383 e. The number of nitrogens with zero attached hydrogens (tertiary/aromatic N) is 2. The zero-order valence-electron chi connectivity index (χ0n) is 13.2. The molecule has 4 heteroatoms. The number of rotatable bonds is 8. The second kappa shape index (κ2) is 7.96. The van der Waals surface area contributed by atoms with E-state index in [2.05, 4.69) is 53.0 Å². The van der Waals surface area contributed by atoms with E-state index >= 15 is 0 Å². The molecule has 0 unspecified atom stereocenters. The second-order valence-corrected chi connectivity index (χ2v) is 5.54. The minimum atomic E-state index is 0.577. The molecule has 0 saturated carbocycles. The van der Waals surface area contributed by atoms with Crippen molar-refractivity contribution in [2.45, 2.75) is 32.9 Å². The first-order chi connectivity index (χ1) is 10.2. The van der Waals surface area contributed by atoms with Gasteiger partial charge in [-0.1, -0.05) is 38.1 Å². The molecule has 0 saturated heterocycles. The topological polar surface area (TPSA) is 39.1 Å². The minimum absolute atomic E-state index is 0.577. The maximum absolute atomic E-state index is 5.03. The van der Waals surface area contributed by atoms with Crippen LogP contribution in [0.3, 0.4) is 0 Å². The number of methoxy groups -OCH3 is 1. The Morgan fingerprint density at radius 2 is 2.00 bits per heavy atom. The second-order valence-electron chi connectivity index (χ2n) is 5.54. The Hall–Kier alpha value is -1.65. The van der Waals surface area contributed by atoms with Gasteiger partial charge in [0, 0.05) is 32.6 Å². The molecule has 1 aromatic carbocycles.